The van der Waals surface area contributed by atoms with E-state index in [0.29, 0.717) is 19.3 Å². The molecule has 112 valence electrons. The highest BCUT2D eigenvalue weighted by Gasteiger charge is 2.71. The highest BCUT2D eigenvalue weighted by molar-refractivity contribution is 6.53. The van der Waals surface area contributed by atoms with E-state index in [9.17, 15) is 13.2 Å². The average Bonchev–Trinajstić information content (AvgIpc) is 2.81. The third kappa shape index (κ3) is 1.87. The van der Waals surface area contributed by atoms with Crippen LogP contribution < -0.4 is 0 Å². The standard InChI is InChI=1S/C14H20BF3O2/c1-12(2)13(3,4)20-15(19-12)11(16)8-6-5-7-9-10(8)14(9,17)18/h9-10H,5-7H2,1-4H3. The molecule has 0 radical (unpaired) electrons. The van der Waals surface area contributed by atoms with Crippen molar-refractivity contribution in [2.75, 3.05) is 0 Å². The first-order chi connectivity index (χ1) is 9.08. The van der Waals surface area contributed by atoms with Gasteiger partial charge in [-0.15, -0.1) is 0 Å². The first kappa shape index (κ1) is 14.5. The summed E-state index contributed by atoms with van der Waals surface area (Å²) in [4.78, 5) is 0. The van der Waals surface area contributed by atoms with E-state index in [1.54, 1.807) is 0 Å². The molecule has 6 heteroatoms. The molecule has 2 unspecified atom stereocenters. The molecular formula is C14H20BF3O2. The molecule has 1 aliphatic heterocycles. The van der Waals surface area contributed by atoms with Crippen LogP contribution in [0.1, 0.15) is 47.0 Å². The number of hydrogen-bond donors (Lipinski definition) is 0. The summed E-state index contributed by atoms with van der Waals surface area (Å²) >= 11 is 0. The molecule has 3 fully saturated rings. The van der Waals surface area contributed by atoms with Gasteiger partial charge in [-0.3, -0.25) is 0 Å². The van der Waals surface area contributed by atoms with Crippen molar-refractivity contribution in [1.82, 2.24) is 0 Å². The molecule has 0 N–H and O–H groups in total. The Labute approximate surface area is 117 Å². The minimum absolute atomic E-state index is 0.213. The van der Waals surface area contributed by atoms with E-state index in [4.69, 9.17) is 9.31 Å². The van der Waals surface area contributed by atoms with Gasteiger partial charge in [-0.05, 0) is 52.5 Å². The van der Waals surface area contributed by atoms with Crippen molar-refractivity contribution in [2.24, 2.45) is 11.8 Å². The Bertz CT molecular complexity index is 457. The minimum atomic E-state index is -2.74. The van der Waals surface area contributed by atoms with Gasteiger partial charge in [-0.25, -0.2) is 13.2 Å². The second-order valence-corrected chi connectivity index (χ2v) is 7.11. The second kappa shape index (κ2) is 4.04. The third-order valence-corrected chi connectivity index (χ3v) is 5.31. The fourth-order valence-electron chi connectivity index (χ4n) is 3.26. The van der Waals surface area contributed by atoms with Gasteiger partial charge >= 0.3 is 7.12 Å². The zero-order valence-electron chi connectivity index (χ0n) is 12.3. The van der Waals surface area contributed by atoms with Gasteiger partial charge in [-0.2, -0.15) is 0 Å². The summed E-state index contributed by atoms with van der Waals surface area (Å²) in [6.45, 7) is 7.28. The molecule has 0 bridgehead atoms. The maximum absolute atomic E-state index is 14.6. The third-order valence-electron chi connectivity index (χ3n) is 5.31. The van der Waals surface area contributed by atoms with Crippen LogP contribution in [0.2, 0.25) is 0 Å². The van der Waals surface area contributed by atoms with E-state index in [1.165, 1.54) is 0 Å². The molecule has 2 nitrogen and oxygen atoms in total. The second-order valence-electron chi connectivity index (χ2n) is 7.11. The molecule has 0 aromatic heterocycles. The van der Waals surface area contributed by atoms with E-state index in [2.05, 4.69) is 0 Å². The van der Waals surface area contributed by atoms with E-state index in [0.717, 1.165) is 0 Å². The largest absolute Gasteiger partial charge is 0.525 e. The minimum Gasteiger partial charge on any atom is -0.398 e. The molecule has 1 saturated heterocycles. The van der Waals surface area contributed by atoms with Crippen molar-refractivity contribution in [3.63, 3.8) is 0 Å². The van der Waals surface area contributed by atoms with Crippen LogP contribution in [0.5, 0.6) is 0 Å². The first-order valence-electron chi connectivity index (χ1n) is 7.20. The highest BCUT2D eigenvalue weighted by atomic mass is 19.3. The Kier molecular flexibility index (Phi) is 2.92. The maximum atomic E-state index is 14.6. The summed E-state index contributed by atoms with van der Waals surface area (Å²) in [5.41, 5.74) is -1.73. The summed E-state index contributed by atoms with van der Waals surface area (Å²) < 4.78 is 53.1. The van der Waals surface area contributed by atoms with Gasteiger partial charge in [-0.1, -0.05) is 0 Å². The predicted octanol–water partition coefficient (Wildman–Crippen LogP) is 3.91. The molecule has 20 heavy (non-hydrogen) atoms. The summed E-state index contributed by atoms with van der Waals surface area (Å²) in [7, 11) is -1.15. The average molecular weight is 288 g/mol. The van der Waals surface area contributed by atoms with Gasteiger partial charge < -0.3 is 9.31 Å². The lowest BCUT2D eigenvalue weighted by atomic mass is 9.80. The van der Waals surface area contributed by atoms with Crippen LogP contribution in [0.4, 0.5) is 13.2 Å². The maximum Gasteiger partial charge on any atom is 0.525 e. The number of hydrogen-bond acceptors (Lipinski definition) is 2. The lowest BCUT2D eigenvalue weighted by molar-refractivity contribution is 0.00578. The van der Waals surface area contributed by atoms with Crippen LogP contribution in [0.15, 0.2) is 11.3 Å². The lowest BCUT2D eigenvalue weighted by Gasteiger charge is -2.32. The summed E-state index contributed by atoms with van der Waals surface area (Å²) in [5.74, 6) is -4.36. The molecule has 1 heterocycles. The molecule has 0 aromatic carbocycles. The topological polar surface area (TPSA) is 18.5 Å². The van der Waals surface area contributed by atoms with Crippen molar-refractivity contribution >= 4 is 7.12 Å². The van der Waals surface area contributed by atoms with Crippen molar-refractivity contribution in [3.05, 3.63) is 11.3 Å². The van der Waals surface area contributed by atoms with E-state index in [-0.39, 0.29) is 5.57 Å². The summed E-state index contributed by atoms with van der Waals surface area (Å²) in [6, 6.07) is 0. The monoisotopic (exact) mass is 288 g/mol. The molecule has 0 spiro atoms. The Balaban J connectivity index is 1.86. The Morgan fingerprint density at radius 2 is 1.70 bits per heavy atom. The van der Waals surface area contributed by atoms with Crippen molar-refractivity contribution in [1.29, 1.82) is 0 Å². The van der Waals surface area contributed by atoms with Gasteiger partial charge in [0, 0.05) is 5.92 Å². The molecule has 0 amide bonds. The van der Waals surface area contributed by atoms with Gasteiger partial charge in [0.2, 0.25) is 0 Å². The molecular weight excluding hydrogens is 268 g/mol. The Hall–Kier alpha value is -0.485. The van der Waals surface area contributed by atoms with Crippen LogP contribution in [0.25, 0.3) is 0 Å². The molecule has 3 rings (SSSR count). The number of allylic oxidation sites excluding steroid dienone is 1. The molecule has 2 saturated carbocycles. The van der Waals surface area contributed by atoms with Gasteiger partial charge in [0.1, 0.15) is 5.73 Å². The molecule has 0 aromatic rings. The summed E-state index contributed by atoms with van der Waals surface area (Å²) in [5, 5.41) is 0. The quantitative estimate of drug-likeness (QED) is 0.681. The summed E-state index contributed by atoms with van der Waals surface area (Å²) in [6.07, 6.45) is 1.48. The van der Waals surface area contributed by atoms with Crippen molar-refractivity contribution in [3.8, 4) is 0 Å². The van der Waals surface area contributed by atoms with E-state index >= 15 is 0 Å². The zero-order valence-corrected chi connectivity index (χ0v) is 12.3. The molecule has 3 aliphatic rings. The van der Waals surface area contributed by atoms with Crippen LogP contribution in [0, 0.1) is 11.8 Å². The van der Waals surface area contributed by atoms with E-state index < -0.39 is 41.8 Å². The van der Waals surface area contributed by atoms with Crippen molar-refractivity contribution in [2.45, 2.75) is 64.1 Å². The van der Waals surface area contributed by atoms with Crippen LogP contribution in [-0.2, 0) is 9.31 Å². The zero-order chi connectivity index (χ0) is 14.9. The van der Waals surface area contributed by atoms with Crippen LogP contribution in [0.3, 0.4) is 0 Å². The normalized spacial score (nSPS) is 39.5. The number of rotatable bonds is 1. The fourth-order valence-corrected chi connectivity index (χ4v) is 3.26. The first-order valence-corrected chi connectivity index (χ1v) is 7.20. The lowest BCUT2D eigenvalue weighted by Crippen LogP contribution is -2.41. The number of fused-ring (bicyclic) bond motifs is 1. The highest BCUT2D eigenvalue weighted by Crippen LogP contribution is 2.65. The van der Waals surface area contributed by atoms with Gasteiger partial charge in [0.25, 0.3) is 5.92 Å². The molecule has 2 aliphatic carbocycles. The van der Waals surface area contributed by atoms with Crippen LogP contribution >= 0.6 is 0 Å². The Morgan fingerprint density at radius 1 is 1.15 bits per heavy atom. The Morgan fingerprint density at radius 3 is 2.25 bits per heavy atom. The van der Waals surface area contributed by atoms with Gasteiger partial charge in [0.05, 0.1) is 17.1 Å². The SMILES string of the molecule is CC1(C)OB(C(F)=C2CCCC3C2C3(F)F)OC1(C)C. The number of halogens is 3. The number of alkyl halides is 2. The predicted molar refractivity (Wildman–Crippen MR) is 70.0 cm³/mol. The fraction of sp³-hybridized carbons (Fsp3) is 0.857. The smallest absolute Gasteiger partial charge is 0.398 e. The van der Waals surface area contributed by atoms with Crippen LogP contribution in [-0.4, -0.2) is 24.2 Å². The molecule has 2 atom stereocenters. The van der Waals surface area contributed by atoms with Crippen molar-refractivity contribution < 1.29 is 22.5 Å². The van der Waals surface area contributed by atoms with E-state index in [1.807, 2.05) is 27.7 Å². The van der Waals surface area contributed by atoms with Gasteiger partial charge in [0.15, 0.2) is 0 Å².